The van der Waals surface area contributed by atoms with Gasteiger partial charge in [0.15, 0.2) is 0 Å². The van der Waals surface area contributed by atoms with Gasteiger partial charge in [-0.3, -0.25) is 4.79 Å². The number of urea groups is 1. The first kappa shape index (κ1) is 22.3. The van der Waals surface area contributed by atoms with Crippen molar-refractivity contribution in [1.29, 1.82) is 0 Å². The van der Waals surface area contributed by atoms with Crippen LogP contribution in [-0.4, -0.2) is 25.0 Å². The van der Waals surface area contributed by atoms with Gasteiger partial charge in [0, 0.05) is 30.9 Å². The van der Waals surface area contributed by atoms with Crippen LogP contribution in [0.1, 0.15) is 34.3 Å². The Morgan fingerprint density at radius 2 is 1.70 bits per heavy atom. The second kappa shape index (κ2) is 10.2. The summed E-state index contributed by atoms with van der Waals surface area (Å²) in [6.07, 6.45) is 2.20. The lowest BCUT2D eigenvalue weighted by Crippen LogP contribution is -2.29. The fraction of sp³-hybridized carbons (Fsp3) is 0.231. The minimum absolute atomic E-state index is 0.209. The molecule has 1 aliphatic heterocycles. The Morgan fingerprint density at radius 3 is 2.42 bits per heavy atom. The number of hydrogen-bond acceptors (Lipinski definition) is 3. The van der Waals surface area contributed by atoms with Gasteiger partial charge in [-0.25, -0.2) is 9.18 Å². The number of amides is 3. The van der Waals surface area contributed by atoms with Crippen LogP contribution in [0.5, 0.6) is 0 Å². The highest BCUT2D eigenvalue weighted by Crippen LogP contribution is 2.32. The Bertz CT molecular complexity index is 1140. The molecule has 0 radical (unpaired) electrons. The van der Waals surface area contributed by atoms with Gasteiger partial charge in [-0.2, -0.15) is 0 Å². The second-order valence-corrected chi connectivity index (χ2v) is 8.18. The van der Waals surface area contributed by atoms with E-state index in [1.165, 1.54) is 12.1 Å². The van der Waals surface area contributed by atoms with Crippen LogP contribution < -0.4 is 20.9 Å². The molecule has 0 saturated carbocycles. The molecule has 6 nitrogen and oxygen atoms in total. The van der Waals surface area contributed by atoms with Crippen LogP contribution in [0.3, 0.4) is 0 Å². The van der Waals surface area contributed by atoms with E-state index in [9.17, 15) is 14.0 Å². The van der Waals surface area contributed by atoms with Crippen LogP contribution in [0.25, 0.3) is 0 Å². The van der Waals surface area contributed by atoms with Crippen molar-refractivity contribution >= 4 is 29.0 Å². The predicted octanol–water partition coefficient (Wildman–Crippen LogP) is 5.31. The number of carbonyl (C=O) groups is 2. The van der Waals surface area contributed by atoms with E-state index in [1.54, 1.807) is 24.3 Å². The summed E-state index contributed by atoms with van der Waals surface area (Å²) in [5.74, 6) is -0.526. The van der Waals surface area contributed by atoms with Gasteiger partial charge in [0.05, 0.1) is 11.4 Å². The third-order valence-electron chi connectivity index (χ3n) is 5.60. The maximum atomic E-state index is 13.1. The number of rotatable bonds is 6. The lowest BCUT2D eigenvalue weighted by Gasteiger charge is -2.22. The quantitative estimate of drug-likeness (QED) is 0.481. The van der Waals surface area contributed by atoms with Gasteiger partial charge in [0.1, 0.15) is 5.82 Å². The summed E-state index contributed by atoms with van der Waals surface area (Å²) in [4.78, 5) is 27.5. The number of nitrogens with zero attached hydrogens (tertiary/aromatic N) is 1. The highest BCUT2D eigenvalue weighted by atomic mass is 19.1. The molecule has 1 aliphatic rings. The standard InChI is InChI=1S/C26H27FN4O2/c1-18-5-4-6-20(15-18)25(32)29-22-11-12-24(31-13-2-3-14-31)23(16-22)30-26(33)28-17-19-7-9-21(27)10-8-19/h4-12,15-16H,2-3,13-14,17H2,1H3,(H,29,32)(H2,28,30,33). The summed E-state index contributed by atoms with van der Waals surface area (Å²) < 4.78 is 13.1. The van der Waals surface area contributed by atoms with Gasteiger partial charge in [-0.05, 0) is 67.8 Å². The Balaban J connectivity index is 1.49. The van der Waals surface area contributed by atoms with Gasteiger partial charge in [-0.15, -0.1) is 0 Å². The van der Waals surface area contributed by atoms with E-state index in [0.29, 0.717) is 16.9 Å². The van der Waals surface area contributed by atoms with Gasteiger partial charge < -0.3 is 20.9 Å². The van der Waals surface area contributed by atoms with Crippen molar-refractivity contribution in [2.45, 2.75) is 26.3 Å². The predicted molar refractivity (Wildman–Crippen MR) is 129 cm³/mol. The maximum absolute atomic E-state index is 13.1. The summed E-state index contributed by atoms with van der Waals surface area (Å²) in [7, 11) is 0. The average molecular weight is 447 g/mol. The molecule has 0 bridgehead atoms. The summed E-state index contributed by atoms with van der Waals surface area (Å²) in [6, 6.07) is 18.5. The SMILES string of the molecule is Cc1cccc(C(=O)Nc2ccc(N3CCCC3)c(NC(=O)NCc3ccc(F)cc3)c2)c1. The van der Waals surface area contributed by atoms with Gasteiger partial charge >= 0.3 is 6.03 Å². The maximum Gasteiger partial charge on any atom is 0.319 e. The number of nitrogens with one attached hydrogen (secondary N) is 3. The average Bonchev–Trinajstić information content (AvgIpc) is 3.33. The van der Waals surface area contributed by atoms with Gasteiger partial charge in [-0.1, -0.05) is 29.8 Å². The molecule has 0 aromatic heterocycles. The lowest BCUT2D eigenvalue weighted by molar-refractivity contribution is 0.102. The summed E-state index contributed by atoms with van der Waals surface area (Å²) in [5.41, 5.74) is 4.51. The van der Waals surface area contributed by atoms with Crippen LogP contribution in [0.4, 0.5) is 26.2 Å². The zero-order valence-corrected chi connectivity index (χ0v) is 18.5. The molecule has 0 aliphatic carbocycles. The lowest BCUT2D eigenvalue weighted by atomic mass is 10.1. The first-order valence-electron chi connectivity index (χ1n) is 11.0. The molecule has 3 aromatic carbocycles. The van der Waals surface area contributed by atoms with Crippen molar-refractivity contribution < 1.29 is 14.0 Å². The Labute approximate surface area is 192 Å². The molecule has 7 heteroatoms. The van der Waals surface area contributed by atoms with Crippen molar-refractivity contribution in [3.8, 4) is 0 Å². The van der Waals surface area contributed by atoms with Crippen LogP contribution >= 0.6 is 0 Å². The van der Waals surface area contributed by atoms with Crippen molar-refractivity contribution in [3.63, 3.8) is 0 Å². The molecule has 1 fully saturated rings. The van der Waals surface area contributed by atoms with E-state index in [4.69, 9.17) is 0 Å². The molecule has 3 N–H and O–H groups in total. The topological polar surface area (TPSA) is 73.5 Å². The minimum Gasteiger partial charge on any atom is -0.370 e. The second-order valence-electron chi connectivity index (χ2n) is 8.18. The van der Waals surface area contributed by atoms with Gasteiger partial charge in [0.2, 0.25) is 0 Å². The number of carbonyl (C=O) groups excluding carboxylic acids is 2. The molecule has 1 saturated heterocycles. The number of halogens is 1. The number of hydrogen-bond donors (Lipinski definition) is 3. The van der Waals surface area contributed by atoms with Gasteiger partial charge in [0.25, 0.3) is 5.91 Å². The van der Waals surface area contributed by atoms with E-state index in [0.717, 1.165) is 42.7 Å². The number of anilines is 3. The zero-order chi connectivity index (χ0) is 23.2. The molecule has 1 heterocycles. The van der Waals surface area contributed by atoms with E-state index in [-0.39, 0.29) is 24.3 Å². The van der Waals surface area contributed by atoms with E-state index >= 15 is 0 Å². The summed E-state index contributed by atoms with van der Waals surface area (Å²) >= 11 is 0. The summed E-state index contributed by atoms with van der Waals surface area (Å²) in [6.45, 7) is 4.05. The highest BCUT2D eigenvalue weighted by Gasteiger charge is 2.18. The number of aryl methyl sites for hydroxylation is 1. The Morgan fingerprint density at radius 1 is 0.939 bits per heavy atom. The van der Waals surface area contributed by atoms with Crippen LogP contribution in [0, 0.1) is 12.7 Å². The third-order valence-corrected chi connectivity index (χ3v) is 5.60. The number of benzene rings is 3. The highest BCUT2D eigenvalue weighted by molar-refractivity contribution is 6.05. The van der Waals surface area contributed by atoms with E-state index in [1.807, 2.05) is 37.3 Å². The monoisotopic (exact) mass is 446 g/mol. The molecule has 33 heavy (non-hydrogen) atoms. The molecular formula is C26H27FN4O2. The summed E-state index contributed by atoms with van der Waals surface area (Å²) in [5, 5.41) is 8.63. The first-order valence-corrected chi connectivity index (χ1v) is 11.0. The van der Waals surface area contributed by atoms with Crippen molar-refractivity contribution in [1.82, 2.24) is 5.32 Å². The molecule has 0 unspecified atom stereocenters. The van der Waals surface area contributed by atoms with E-state index < -0.39 is 0 Å². The van der Waals surface area contributed by atoms with Crippen molar-refractivity contribution in [3.05, 3.63) is 89.2 Å². The molecule has 0 spiro atoms. The third kappa shape index (κ3) is 5.88. The molecule has 3 amide bonds. The molecule has 170 valence electrons. The fourth-order valence-corrected chi connectivity index (χ4v) is 3.89. The molecule has 4 rings (SSSR count). The van der Waals surface area contributed by atoms with Crippen LogP contribution in [-0.2, 0) is 6.54 Å². The Hall–Kier alpha value is -3.87. The van der Waals surface area contributed by atoms with Crippen molar-refractivity contribution in [2.75, 3.05) is 28.6 Å². The van der Waals surface area contributed by atoms with Crippen molar-refractivity contribution in [2.24, 2.45) is 0 Å². The minimum atomic E-state index is -0.373. The van der Waals surface area contributed by atoms with Crippen LogP contribution in [0.2, 0.25) is 0 Å². The zero-order valence-electron chi connectivity index (χ0n) is 18.5. The molecule has 3 aromatic rings. The first-order chi connectivity index (χ1) is 16.0. The smallest absolute Gasteiger partial charge is 0.319 e. The normalized spacial score (nSPS) is 13.0. The Kier molecular flexibility index (Phi) is 6.88. The van der Waals surface area contributed by atoms with E-state index in [2.05, 4.69) is 20.9 Å². The fourth-order valence-electron chi connectivity index (χ4n) is 3.89. The van der Waals surface area contributed by atoms with Crippen LogP contribution in [0.15, 0.2) is 66.7 Å². The molecule has 0 atom stereocenters. The largest absolute Gasteiger partial charge is 0.370 e. The molecular weight excluding hydrogens is 419 g/mol.